The molecule has 0 saturated heterocycles. The van der Waals surface area contributed by atoms with E-state index >= 15 is 0 Å². The number of pyridine rings is 1. The molecule has 1 aromatic heterocycles. The lowest BCUT2D eigenvalue weighted by Gasteiger charge is -2.03. The third kappa shape index (κ3) is 2.45. The van der Waals surface area contributed by atoms with Crippen LogP contribution in [0.5, 0.6) is 0 Å². The fourth-order valence-corrected chi connectivity index (χ4v) is 1.49. The molecule has 1 aromatic carbocycles. The van der Waals surface area contributed by atoms with E-state index in [0.717, 1.165) is 0 Å². The summed E-state index contributed by atoms with van der Waals surface area (Å²) in [4.78, 5) is 4.01. The highest BCUT2D eigenvalue weighted by molar-refractivity contribution is 5.59. The second kappa shape index (κ2) is 4.71. The van der Waals surface area contributed by atoms with Crippen LogP contribution in [0.1, 0.15) is 5.69 Å². The summed E-state index contributed by atoms with van der Waals surface area (Å²) in [6.07, 6.45) is -0.102. The van der Waals surface area contributed by atoms with Crippen molar-refractivity contribution in [3.63, 3.8) is 0 Å². The zero-order chi connectivity index (χ0) is 12.3. The van der Waals surface area contributed by atoms with Crippen molar-refractivity contribution < 1.29 is 8.78 Å². The molecule has 4 heteroatoms. The molecule has 0 amide bonds. The normalized spacial score (nSPS) is 9.94. The van der Waals surface area contributed by atoms with E-state index in [4.69, 9.17) is 5.26 Å². The van der Waals surface area contributed by atoms with Crippen LogP contribution in [0.3, 0.4) is 0 Å². The van der Waals surface area contributed by atoms with Crippen molar-refractivity contribution >= 4 is 0 Å². The molecule has 0 saturated carbocycles. The van der Waals surface area contributed by atoms with Gasteiger partial charge in [0.05, 0.1) is 23.9 Å². The Labute approximate surface area is 97.2 Å². The number of benzene rings is 1. The predicted molar refractivity (Wildman–Crippen MR) is 58.9 cm³/mol. The van der Waals surface area contributed by atoms with Crippen molar-refractivity contribution in [2.75, 3.05) is 0 Å². The summed E-state index contributed by atoms with van der Waals surface area (Å²) in [5, 5.41) is 8.53. The van der Waals surface area contributed by atoms with Gasteiger partial charge in [0.1, 0.15) is 11.6 Å². The van der Waals surface area contributed by atoms with Crippen molar-refractivity contribution in [2.45, 2.75) is 6.42 Å². The van der Waals surface area contributed by atoms with E-state index in [-0.39, 0.29) is 17.9 Å². The third-order valence-electron chi connectivity index (χ3n) is 2.29. The smallest absolute Gasteiger partial charge is 0.145 e. The van der Waals surface area contributed by atoms with Crippen LogP contribution < -0.4 is 0 Å². The van der Waals surface area contributed by atoms with Gasteiger partial charge in [0.15, 0.2) is 0 Å². The van der Waals surface area contributed by atoms with E-state index in [2.05, 4.69) is 4.98 Å². The monoisotopic (exact) mass is 230 g/mol. The zero-order valence-electron chi connectivity index (χ0n) is 8.82. The largest absolute Gasteiger partial charge is 0.249 e. The first kappa shape index (κ1) is 11.2. The molecule has 0 atom stereocenters. The van der Waals surface area contributed by atoms with Crippen LogP contribution in [0.2, 0.25) is 0 Å². The average molecular weight is 230 g/mol. The van der Waals surface area contributed by atoms with E-state index in [0.29, 0.717) is 11.3 Å². The van der Waals surface area contributed by atoms with Gasteiger partial charge < -0.3 is 0 Å². The summed E-state index contributed by atoms with van der Waals surface area (Å²) >= 11 is 0. The van der Waals surface area contributed by atoms with Gasteiger partial charge in [-0.2, -0.15) is 5.26 Å². The molecule has 0 radical (unpaired) electrons. The molecule has 0 bridgehead atoms. The SMILES string of the molecule is N#CCc1nc(-c2cccc(F)c2)ccc1F. The molecular weight excluding hydrogens is 222 g/mol. The van der Waals surface area contributed by atoms with E-state index in [9.17, 15) is 8.78 Å². The van der Waals surface area contributed by atoms with E-state index in [1.165, 1.54) is 24.3 Å². The number of hydrogen-bond acceptors (Lipinski definition) is 2. The first-order valence-electron chi connectivity index (χ1n) is 4.99. The van der Waals surface area contributed by atoms with Gasteiger partial charge in [0.2, 0.25) is 0 Å². The Bertz CT molecular complexity index is 588. The van der Waals surface area contributed by atoms with Gasteiger partial charge in [-0.25, -0.2) is 13.8 Å². The number of nitriles is 1. The highest BCUT2D eigenvalue weighted by atomic mass is 19.1. The van der Waals surface area contributed by atoms with Crippen LogP contribution >= 0.6 is 0 Å². The van der Waals surface area contributed by atoms with E-state index in [1.807, 2.05) is 6.07 Å². The molecule has 17 heavy (non-hydrogen) atoms. The van der Waals surface area contributed by atoms with Crippen LogP contribution in [0.15, 0.2) is 36.4 Å². The number of hydrogen-bond donors (Lipinski definition) is 0. The van der Waals surface area contributed by atoms with Crippen molar-refractivity contribution in [1.29, 1.82) is 5.26 Å². The van der Waals surface area contributed by atoms with Gasteiger partial charge in [0, 0.05) is 5.56 Å². The molecule has 0 unspecified atom stereocenters. The number of aromatic nitrogens is 1. The van der Waals surface area contributed by atoms with Crippen LogP contribution in [-0.4, -0.2) is 4.98 Å². The molecule has 1 heterocycles. The Morgan fingerprint density at radius 3 is 2.71 bits per heavy atom. The summed E-state index contributed by atoms with van der Waals surface area (Å²) in [6.45, 7) is 0. The van der Waals surface area contributed by atoms with Crippen molar-refractivity contribution in [3.05, 3.63) is 53.7 Å². The maximum atomic E-state index is 13.3. The van der Waals surface area contributed by atoms with Crippen LogP contribution in [0, 0.1) is 23.0 Å². The van der Waals surface area contributed by atoms with Crippen LogP contribution in [-0.2, 0) is 6.42 Å². The number of halogens is 2. The summed E-state index contributed by atoms with van der Waals surface area (Å²) in [7, 11) is 0. The van der Waals surface area contributed by atoms with Gasteiger partial charge >= 0.3 is 0 Å². The van der Waals surface area contributed by atoms with Crippen molar-refractivity contribution in [2.24, 2.45) is 0 Å². The van der Waals surface area contributed by atoms with Crippen molar-refractivity contribution in [3.8, 4) is 17.3 Å². The number of rotatable bonds is 2. The molecule has 0 aliphatic carbocycles. The van der Waals surface area contributed by atoms with E-state index < -0.39 is 5.82 Å². The molecule has 0 aliphatic rings. The van der Waals surface area contributed by atoms with Crippen molar-refractivity contribution in [1.82, 2.24) is 4.98 Å². The van der Waals surface area contributed by atoms with E-state index in [1.54, 1.807) is 12.1 Å². The maximum absolute atomic E-state index is 13.3. The standard InChI is InChI=1S/C13H8F2N2/c14-10-3-1-2-9(8-10)12-5-4-11(15)13(17-12)6-7-16/h1-5,8H,6H2. The summed E-state index contributed by atoms with van der Waals surface area (Å²) in [6, 6.07) is 10.4. The molecule has 0 fully saturated rings. The zero-order valence-corrected chi connectivity index (χ0v) is 8.82. The third-order valence-corrected chi connectivity index (χ3v) is 2.29. The summed E-state index contributed by atoms with van der Waals surface area (Å²) in [5.74, 6) is -0.901. The quantitative estimate of drug-likeness (QED) is 0.794. The first-order chi connectivity index (χ1) is 8.20. The Balaban J connectivity index is 2.47. The van der Waals surface area contributed by atoms with Gasteiger partial charge in [-0.3, -0.25) is 0 Å². The molecule has 0 N–H and O–H groups in total. The summed E-state index contributed by atoms with van der Waals surface area (Å²) < 4.78 is 26.3. The average Bonchev–Trinajstić information content (AvgIpc) is 2.32. The van der Waals surface area contributed by atoms with Gasteiger partial charge in [0.25, 0.3) is 0 Å². The van der Waals surface area contributed by atoms with Gasteiger partial charge in [-0.15, -0.1) is 0 Å². The Hall–Kier alpha value is -2.28. The Morgan fingerprint density at radius 1 is 1.18 bits per heavy atom. The fourth-order valence-electron chi connectivity index (χ4n) is 1.49. The molecule has 2 aromatic rings. The number of nitrogens with zero attached hydrogens (tertiary/aromatic N) is 2. The second-order valence-electron chi connectivity index (χ2n) is 3.47. The topological polar surface area (TPSA) is 36.7 Å². The highest BCUT2D eigenvalue weighted by Gasteiger charge is 2.07. The Kier molecular flexibility index (Phi) is 3.10. The van der Waals surface area contributed by atoms with Crippen LogP contribution in [0.25, 0.3) is 11.3 Å². The lowest BCUT2D eigenvalue weighted by molar-refractivity contribution is 0.606. The molecule has 84 valence electrons. The second-order valence-corrected chi connectivity index (χ2v) is 3.47. The lowest BCUT2D eigenvalue weighted by Crippen LogP contribution is -1.96. The molecule has 2 nitrogen and oxygen atoms in total. The molecule has 0 aliphatic heterocycles. The first-order valence-corrected chi connectivity index (χ1v) is 4.99. The maximum Gasteiger partial charge on any atom is 0.145 e. The molecule has 2 rings (SSSR count). The van der Waals surface area contributed by atoms with Gasteiger partial charge in [-0.1, -0.05) is 12.1 Å². The highest BCUT2D eigenvalue weighted by Crippen LogP contribution is 2.19. The molecule has 0 spiro atoms. The van der Waals surface area contributed by atoms with Gasteiger partial charge in [-0.05, 0) is 24.3 Å². The molecular formula is C13H8F2N2. The minimum Gasteiger partial charge on any atom is -0.249 e. The lowest BCUT2D eigenvalue weighted by atomic mass is 10.1. The minimum atomic E-state index is -0.522. The predicted octanol–water partition coefficient (Wildman–Crippen LogP) is 3.09. The van der Waals surface area contributed by atoms with Crippen LogP contribution in [0.4, 0.5) is 8.78 Å². The summed E-state index contributed by atoms with van der Waals surface area (Å²) in [5.41, 5.74) is 1.09. The fraction of sp³-hybridized carbons (Fsp3) is 0.0769. The Morgan fingerprint density at radius 2 is 2.00 bits per heavy atom. The minimum absolute atomic E-state index is 0.0780.